The summed E-state index contributed by atoms with van der Waals surface area (Å²) in [6, 6.07) is 2.07. The molecule has 1 heterocycles. The Morgan fingerprint density at radius 2 is 2.00 bits per heavy atom. The first-order chi connectivity index (χ1) is 10.1. The van der Waals surface area contributed by atoms with E-state index in [-0.39, 0.29) is 16.5 Å². The highest BCUT2D eigenvalue weighted by molar-refractivity contribution is 9.10. The molecule has 0 amide bonds. The Balaban J connectivity index is 2.33. The van der Waals surface area contributed by atoms with Gasteiger partial charge in [-0.2, -0.15) is 0 Å². The molecule has 7 heteroatoms. The number of aliphatic hydroxyl groups is 1. The standard InChI is InChI=1S/C15H17BrF2N2O2/c1-7-14(8(2)22-20-7)13(21)6-15(3,19)9-4-10(16)12(18)5-11(9)17/h4-5,13,21H,6,19H2,1-3H3/t13-,15?/m1/s1. The van der Waals surface area contributed by atoms with Gasteiger partial charge in [-0.05, 0) is 49.2 Å². The number of aryl methyl sites for hydroxylation is 2. The monoisotopic (exact) mass is 374 g/mol. The molecule has 3 N–H and O–H groups in total. The van der Waals surface area contributed by atoms with Crippen molar-refractivity contribution in [3.05, 3.63) is 50.8 Å². The third kappa shape index (κ3) is 3.21. The smallest absolute Gasteiger partial charge is 0.140 e. The molecule has 120 valence electrons. The van der Waals surface area contributed by atoms with Crippen molar-refractivity contribution in [2.75, 3.05) is 0 Å². The maximum atomic E-state index is 14.0. The first kappa shape index (κ1) is 17.1. The number of halogens is 3. The quantitative estimate of drug-likeness (QED) is 0.801. The van der Waals surface area contributed by atoms with Crippen LogP contribution in [0.2, 0.25) is 0 Å². The molecule has 1 aromatic carbocycles. The molecule has 2 rings (SSSR count). The van der Waals surface area contributed by atoms with E-state index in [0.717, 1.165) is 6.07 Å². The van der Waals surface area contributed by atoms with Gasteiger partial charge in [-0.3, -0.25) is 0 Å². The molecule has 2 aromatic rings. The van der Waals surface area contributed by atoms with Gasteiger partial charge in [0.1, 0.15) is 17.4 Å². The number of aliphatic hydroxyl groups excluding tert-OH is 1. The molecule has 22 heavy (non-hydrogen) atoms. The highest BCUT2D eigenvalue weighted by Crippen LogP contribution is 2.35. The normalized spacial score (nSPS) is 15.6. The van der Waals surface area contributed by atoms with E-state index in [0.29, 0.717) is 17.0 Å². The van der Waals surface area contributed by atoms with Crippen LogP contribution in [0.3, 0.4) is 0 Å². The molecule has 0 bridgehead atoms. The van der Waals surface area contributed by atoms with Crippen LogP contribution in [0, 0.1) is 25.5 Å². The third-order valence-corrected chi connectivity index (χ3v) is 4.27. The summed E-state index contributed by atoms with van der Waals surface area (Å²) in [6.45, 7) is 4.97. The van der Waals surface area contributed by atoms with E-state index in [1.807, 2.05) is 0 Å². The Morgan fingerprint density at radius 1 is 1.36 bits per heavy atom. The van der Waals surface area contributed by atoms with Crippen molar-refractivity contribution in [3.63, 3.8) is 0 Å². The van der Waals surface area contributed by atoms with Gasteiger partial charge in [0.15, 0.2) is 0 Å². The average molecular weight is 375 g/mol. The van der Waals surface area contributed by atoms with Gasteiger partial charge in [0, 0.05) is 22.7 Å². The minimum absolute atomic E-state index is 0.0326. The molecule has 1 aromatic heterocycles. The first-order valence-electron chi connectivity index (χ1n) is 6.68. The van der Waals surface area contributed by atoms with Gasteiger partial charge >= 0.3 is 0 Å². The van der Waals surface area contributed by atoms with Gasteiger partial charge in [0.2, 0.25) is 0 Å². The molecular formula is C15H17BrF2N2O2. The van der Waals surface area contributed by atoms with Crippen molar-refractivity contribution in [1.82, 2.24) is 5.16 Å². The van der Waals surface area contributed by atoms with Crippen molar-refractivity contribution in [1.29, 1.82) is 0 Å². The number of nitrogens with two attached hydrogens (primary N) is 1. The second kappa shape index (κ2) is 6.06. The molecule has 0 aliphatic rings. The number of benzene rings is 1. The first-order valence-corrected chi connectivity index (χ1v) is 7.47. The molecule has 0 aliphatic heterocycles. The van der Waals surface area contributed by atoms with Gasteiger partial charge in [-0.15, -0.1) is 0 Å². The molecule has 0 radical (unpaired) electrons. The van der Waals surface area contributed by atoms with Crippen LogP contribution in [0.15, 0.2) is 21.1 Å². The maximum absolute atomic E-state index is 14.0. The average Bonchev–Trinajstić information content (AvgIpc) is 2.72. The van der Waals surface area contributed by atoms with Crippen LogP contribution in [-0.4, -0.2) is 10.3 Å². The highest BCUT2D eigenvalue weighted by Gasteiger charge is 2.31. The minimum Gasteiger partial charge on any atom is -0.388 e. The molecule has 2 atom stereocenters. The van der Waals surface area contributed by atoms with Gasteiger partial charge in [-0.1, -0.05) is 5.16 Å². The maximum Gasteiger partial charge on any atom is 0.140 e. The lowest BCUT2D eigenvalue weighted by Gasteiger charge is -2.28. The van der Waals surface area contributed by atoms with Crippen LogP contribution >= 0.6 is 15.9 Å². The minimum atomic E-state index is -1.20. The van der Waals surface area contributed by atoms with E-state index in [9.17, 15) is 13.9 Å². The molecule has 0 spiro atoms. The Labute approximate surface area is 135 Å². The topological polar surface area (TPSA) is 72.3 Å². The molecule has 4 nitrogen and oxygen atoms in total. The third-order valence-electron chi connectivity index (χ3n) is 3.66. The van der Waals surface area contributed by atoms with Crippen molar-refractivity contribution >= 4 is 15.9 Å². The molecular weight excluding hydrogens is 358 g/mol. The lowest BCUT2D eigenvalue weighted by Crippen LogP contribution is -2.36. The fourth-order valence-electron chi connectivity index (χ4n) is 2.54. The predicted octanol–water partition coefficient (Wildman–Crippen LogP) is 3.63. The number of hydrogen-bond donors (Lipinski definition) is 2. The van der Waals surface area contributed by atoms with Crippen LogP contribution in [-0.2, 0) is 5.54 Å². The molecule has 0 aliphatic carbocycles. The summed E-state index contributed by atoms with van der Waals surface area (Å²) in [5.41, 5.74) is 6.19. The Kier molecular flexibility index (Phi) is 4.70. The molecule has 0 saturated heterocycles. The number of nitrogens with zero attached hydrogens (tertiary/aromatic N) is 1. The van der Waals surface area contributed by atoms with Crippen LogP contribution in [0.25, 0.3) is 0 Å². The summed E-state index contributed by atoms with van der Waals surface area (Å²) in [7, 11) is 0. The summed E-state index contributed by atoms with van der Waals surface area (Å²) in [5.74, 6) is -0.971. The second-order valence-corrected chi connectivity index (χ2v) is 6.48. The molecule has 1 unspecified atom stereocenters. The Bertz CT molecular complexity index is 682. The van der Waals surface area contributed by atoms with E-state index in [2.05, 4.69) is 21.1 Å². The van der Waals surface area contributed by atoms with E-state index in [4.69, 9.17) is 10.3 Å². The van der Waals surface area contributed by atoms with E-state index in [1.165, 1.54) is 6.07 Å². The fourth-order valence-corrected chi connectivity index (χ4v) is 2.88. The van der Waals surface area contributed by atoms with E-state index in [1.54, 1.807) is 20.8 Å². The van der Waals surface area contributed by atoms with Crippen LogP contribution in [0.4, 0.5) is 8.78 Å². The zero-order chi connectivity index (χ0) is 16.7. The van der Waals surface area contributed by atoms with E-state index >= 15 is 0 Å². The van der Waals surface area contributed by atoms with Crippen molar-refractivity contribution in [2.24, 2.45) is 5.73 Å². The molecule has 0 fully saturated rings. The zero-order valence-corrected chi connectivity index (χ0v) is 14.0. The highest BCUT2D eigenvalue weighted by atomic mass is 79.9. The van der Waals surface area contributed by atoms with Gasteiger partial charge in [0.05, 0.1) is 16.3 Å². The van der Waals surface area contributed by atoms with Crippen molar-refractivity contribution in [3.8, 4) is 0 Å². The van der Waals surface area contributed by atoms with Gasteiger partial charge < -0.3 is 15.4 Å². The lowest BCUT2D eigenvalue weighted by molar-refractivity contribution is 0.134. The Morgan fingerprint density at radius 3 is 2.55 bits per heavy atom. The van der Waals surface area contributed by atoms with Crippen LogP contribution in [0.1, 0.15) is 42.0 Å². The van der Waals surface area contributed by atoms with E-state index < -0.39 is 23.3 Å². The van der Waals surface area contributed by atoms with Crippen molar-refractivity contribution in [2.45, 2.75) is 38.8 Å². The Hall–Kier alpha value is -1.31. The fraction of sp³-hybridized carbons (Fsp3) is 0.400. The number of aromatic nitrogens is 1. The largest absolute Gasteiger partial charge is 0.388 e. The summed E-state index contributed by atoms with van der Waals surface area (Å²) in [6.07, 6.45) is -0.935. The van der Waals surface area contributed by atoms with Crippen molar-refractivity contribution < 1.29 is 18.4 Å². The summed E-state index contributed by atoms with van der Waals surface area (Å²) in [5, 5.41) is 14.2. The summed E-state index contributed by atoms with van der Waals surface area (Å²) >= 11 is 3.02. The van der Waals surface area contributed by atoms with Gasteiger partial charge in [0.25, 0.3) is 0 Å². The number of rotatable bonds is 4. The lowest BCUT2D eigenvalue weighted by atomic mass is 9.85. The second-order valence-electron chi connectivity index (χ2n) is 5.62. The predicted molar refractivity (Wildman–Crippen MR) is 81.2 cm³/mol. The van der Waals surface area contributed by atoms with Crippen LogP contribution < -0.4 is 5.73 Å². The molecule has 0 saturated carbocycles. The SMILES string of the molecule is Cc1noc(C)c1[C@H](O)CC(C)(N)c1cc(Br)c(F)cc1F. The zero-order valence-electron chi connectivity index (χ0n) is 12.5. The number of hydrogen-bond acceptors (Lipinski definition) is 4. The summed E-state index contributed by atoms with van der Waals surface area (Å²) in [4.78, 5) is 0. The van der Waals surface area contributed by atoms with Crippen LogP contribution in [0.5, 0.6) is 0 Å². The van der Waals surface area contributed by atoms with Gasteiger partial charge in [-0.25, -0.2) is 8.78 Å². The summed E-state index contributed by atoms with van der Waals surface area (Å²) < 4.78 is 32.5.